The van der Waals surface area contributed by atoms with Crippen LogP contribution in [0.4, 0.5) is 17.6 Å². The highest BCUT2D eigenvalue weighted by atomic mass is 16.3. The van der Waals surface area contributed by atoms with E-state index >= 15 is 0 Å². The molecule has 5 unspecified atom stereocenters. The van der Waals surface area contributed by atoms with Crippen LogP contribution < -0.4 is 10.6 Å². The summed E-state index contributed by atoms with van der Waals surface area (Å²) in [4.78, 5) is 13.7. The number of nitrogens with zero attached hydrogens (tertiary/aromatic N) is 5. The second kappa shape index (κ2) is 6.69. The van der Waals surface area contributed by atoms with Crippen LogP contribution in [-0.2, 0) is 7.05 Å². The summed E-state index contributed by atoms with van der Waals surface area (Å²) in [5, 5.41) is 25.4. The summed E-state index contributed by atoms with van der Waals surface area (Å²) in [6, 6.07) is 0.237. The fraction of sp³-hybridized carbons (Fsp3) is 0.600. The third kappa shape index (κ3) is 3.55. The Bertz CT molecular complexity index is 1020. The van der Waals surface area contributed by atoms with Crippen LogP contribution in [-0.4, -0.2) is 46.5 Å². The van der Waals surface area contributed by atoms with E-state index in [0.29, 0.717) is 35.2 Å². The van der Waals surface area contributed by atoms with Crippen molar-refractivity contribution in [2.45, 2.75) is 51.2 Å². The average molecular weight is 396 g/mol. The topological polar surface area (TPSA) is 117 Å². The van der Waals surface area contributed by atoms with Gasteiger partial charge < -0.3 is 20.3 Å². The molecule has 2 fully saturated rings. The smallest absolute Gasteiger partial charge is 0.226 e. The van der Waals surface area contributed by atoms with Crippen LogP contribution in [0.15, 0.2) is 18.7 Å². The lowest BCUT2D eigenvalue weighted by molar-refractivity contribution is -0.0502. The third-order valence-corrected chi connectivity index (χ3v) is 6.45. The minimum atomic E-state index is -0.576. The van der Waals surface area contributed by atoms with Crippen molar-refractivity contribution < 1.29 is 5.11 Å². The molecule has 154 valence electrons. The number of nitrogens with one attached hydrogen (secondary N) is 3. The maximum atomic E-state index is 10.7. The molecule has 3 aromatic heterocycles. The molecule has 0 spiro atoms. The van der Waals surface area contributed by atoms with E-state index in [1.165, 1.54) is 0 Å². The number of fused-ring (bicyclic) bond motifs is 3. The Balaban J connectivity index is 1.44. The van der Waals surface area contributed by atoms with Crippen molar-refractivity contribution in [1.82, 2.24) is 29.7 Å². The first-order valence-corrected chi connectivity index (χ1v) is 10.3. The molecular formula is C20H28N8O. The zero-order valence-electron chi connectivity index (χ0n) is 17.1. The highest BCUT2D eigenvalue weighted by Crippen LogP contribution is 2.47. The Labute approximate surface area is 169 Å². The van der Waals surface area contributed by atoms with Crippen LogP contribution >= 0.6 is 0 Å². The van der Waals surface area contributed by atoms with Crippen molar-refractivity contribution >= 4 is 28.6 Å². The molecule has 0 amide bonds. The van der Waals surface area contributed by atoms with Crippen molar-refractivity contribution in [2.24, 2.45) is 24.8 Å². The Hall–Kier alpha value is -2.68. The van der Waals surface area contributed by atoms with Gasteiger partial charge in [0.05, 0.1) is 23.5 Å². The van der Waals surface area contributed by atoms with Crippen molar-refractivity contribution in [1.29, 1.82) is 0 Å². The van der Waals surface area contributed by atoms with Crippen molar-refractivity contribution in [2.75, 3.05) is 10.6 Å². The van der Waals surface area contributed by atoms with Gasteiger partial charge in [-0.15, -0.1) is 0 Å². The monoisotopic (exact) mass is 396 g/mol. The highest BCUT2D eigenvalue weighted by molar-refractivity contribution is 5.88. The van der Waals surface area contributed by atoms with Gasteiger partial charge in [-0.3, -0.25) is 5.10 Å². The summed E-state index contributed by atoms with van der Waals surface area (Å²) in [5.74, 6) is 3.48. The van der Waals surface area contributed by atoms with E-state index < -0.39 is 5.60 Å². The van der Waals surface area contributed by atoms with Crippen LogP contribution in [0.25, 0.3) is 11.0 Å². The lowest BCUT2D eigenvalue weighted by atomic mass is 9.61. The number of hydrogen-bond donors (Lipinski definition) is 4. The van der Waals surface area contributed by atoms with Crippen LogP contribution in [0, 0.1) is 17.8 Å². The molecule has 29 heavy (non-hydrogen) atoms. The number of aliphatic hydroxyl groups is 1. The fourth-order valence-electron chi connectivity index (χ4n) is 5.46. The summed E-state index contributed by atoms with van der Waals surface area (Å²) in [6.07, 6.45) is 9.36. The SMILES string of the molecule is CC1CC2CC(CC(C)(O)C2)C1Nc1nc(Nc2cn(C)cn2)c2cn[nH]c2n1. The molecule has 0 saturated heterocycles. The van der Waals surface area contributed by atoms with Crippen molar-refractivity contribution in [3.8, 4) is 0 Å². The molecule has 4 N–H and O–H groups in total. The van der Waals surface area contributed by atoms with E-state index in [0.717, 1.165) is 36.9 Å². The molecular weight excluding hydrogens is 368 g/mol. The largest absolute Gasteiger partial charge is 0.390 e. The Morgan fingerprint density at radius 2 is 2.14 bits per heavy atom. The molecule has 9 heteroatoms. The van der Waals surface area contributed by atoms with E-state index in [1.54, 1.807) is 12.5 Å². The number of aromatic nitrogens is 6. The number of imidazole rings is 1. The lowest BCUT2D eigenvalue weighted by Gasteiger charge is -2.49. The summed E-state index contributed by atoms with van der Waals surface area (Å²) in [6.45, 7) is 4.26. The zero-order valence-corrected chi connectivity index (χ0v) is 17.1. The Kier molecular flexibility index (Phi) is 4.23. The number of rotatable bonds is 4. The van der Waals surface area contributed by atoms with Crippen LogP contribution in [0.1, 0.15) is 39.5 Å². The van der Waals surface area contributed by atoms with Gasteiger partial charge in [0.15, 0.2) is 5.65 Å². The van der Waals surface area contributed by atoms with Gasteiger partial charge in [0.1, 0.15) is 11.6 Å². The van der Waals surface area contributed by atoms with E-state index in [-0.39, 0.29) is 6.04 Å². The average Bonchev–Trinajstić information content (AvgIpc) is 3.26. The number of aryl methyl sites for hydroxylation is 1. The predicted molar refractivity (Wildman–Crippen MR) is 111 cm³/mol. The zero-order chi connectivity index (χ0) is 20.2. The van der Waals surface area contributed by atoms with E-state index in [4.69, 9.17) is 4.98 Å². The van der Waals surface area contributed by atoms with Crippen LogP contribution in [0.5, 0.6) is 0 Å². The summed E-state index contributed by atoms with van der Waals surface area (Å²) in [5.41, 5.74) is 0.103. The number of H-pyrrole nitrogens is 1. The van der Waals surface area contributed by atoms with E-state index in [2.05, 4.69) is 37.7 Å². The van der Waals surface area contributed by atoms with Gasteiger partial charge in [0, 0.05) is 19.3 Å². The van der Waals surface area contributed by atoms with Gasteiger partial charge in [0.2, 0.25) is 5.95 Å². The maximum absolute atomic E-state index is 10.7. The summed E-state index contributed by atoms with van der Waals surface area (Å²) in [7, 11) is 1.93. The maximum Gasteiger partial charge on any atom is 0.226 e. The molecule has 2 saturated carbocycles. The van der Waals surface area contributed by atoms with Crippen molar-refractivity contribution in [3.05, 3.63) is 18.7 Å². The molecule has 9 nitrogen and oxygen atoms in total. The van der Waals surface area contributed by atoms with Gasteiger partial charge in [-0.25, -0.2) is 4.98 Å². The molecule has 0 aromatic carbocycles. The van der Waals surface area contributed by atoms with Gasteiger partial charge in [0.25, 0.3) is 0 Å². The first-order chi connectivity index (χ1) is 13.9. The van der Waals surface area contributed by atoms with Crippen LogP contribution in [0.3, 0.4) is 0 Å². The molecule has 5 rings (SSSR count). The minimum absolute atomic E-state index is 0.237. The Morgan fingerprint density at radius 1 is 1.28 bits per heavy atom. The first-order valence-electron chi connectivity index (χ1n) is 10.3. The summed E-state index contributed by atoms with van der Waals surface area (Å²) >= 11 is 0. The molecule has 0 aliphatic heterocycles. The third-order valence-electron chi connectivity index (χ3n) is 6.45. The van der Waals surface area contributed by atoms with Gasteiger partial charge >= 0.3 is 0 Å². The molecule has 5 atom stereocenters. The first kappa shape index (κ1) is 18.4. The van der Waals surface area contributed by atoms with Crippen molar-refractivity contribution in [3.63, 3.8) is 0 Å². The lowest BCUT2D eigenvalue weighted by Crippen LogP contribution is -2.50. The molecule has 2 bridgehead atoms. The normalized spacial score (nSPS) is 31.7. The summed E-state index contributed by atoms with van der Waals surface area (Å²) < 4.78 is 1.88. The Morgan fingerprint density at radius 3 is 2.93 bits per heavy atom. The van der Waals surface area contributed by atoms with Gasteiger partial charge in [-0.1, -0.05) is 6.92 Å². The molecule has 3 heterocycles. The number of hydrogen-bond acceptors (Lipinski definition) is 7. The predicted octanol–water partition coefficient (Wildman–Crippen LogP) is 2.82. The molecule has 3 aromatic rings. The standard InChI is InChI=1S/C20H28N8O/c1-11-4-12-5-13(7-20(2,29)6-12)16(11)24-19-25-17(14-8-22-27-18(14)26-19)23-15-9-28(3)10-21-15/h8-13,16,29H,4-7H2,1-3H3,(H3,22,23,24,25,26,27). The molecule has 2 aliphatic rings. The highest BCUT2D eigenvalue weighted by Gasteiger charge is 2.45. The van der Waals surface area contributed by atoms with Crippen LogP contribution in [0.2, 0.25) is 0 Å². The number of aromatic amines is 1. The van der Waals surface area contributed by atoms with Gasteiger partial charge in [-0.05, 0) is 50.4 Å². The molecule has 0 radical (unpaired) electrons. The quantitative estimate of drug-likeness (QED) is 0.536. The van der Waals surface area contributed by atoms with E-state index in [1.807, 2.05) is 24.7 Å². The number of anilines is 3. The fourth-order valence-corrected chi connectivity index (χ4v) is 5.46. The second-order valence-corrected chi connectivity index (χ2v) is 9.23. The van der Waals surface area contributed by atoms with Gasteiger partial charge in [-0.2, -0.15) is 15.1 Å². The second-order valence-electron chi connectivity index (χ2n) is 9.23. The molecule has 2 aliphatic carbocycles. The van der Waals surface area contributed by atoms with E-state index in [9.17, 15) is 5.11 Å². The minimum Gasteiger partial charge on any atom is -0.390 e.